The number of hydrogen-bond acceptors (Lipinski definition) is 5. The Balaban J connectivity index is 1.78. The Morgan fingerprint density at radius 1 is 1.16 bits per heavy atom. The second-order valence-electron chi connectivity index (χ2n) is 7.12. The highest BCUT2D eigenvalue weighted by Crippen LogP contribution is 2.27. The fraction of sp³-hybridized carbons (Fsp3) is 0.304. The maximum atomic E-state index is 12.2. The van der Waals surface area contributed by atoms with Gasteiger partial charge in [-0.15, -0.1) is 0 Å². The first kappa shape index (κ1) is 23.3. The van der Waals surface area contributed by atoms with Crippen LogP contribution in [-0.4, -0.2) is 36.1 Å². The first-order chi connectivity index (χ1) is 15.0. The molecule has 0 fully saturated rings. The summed E-state index contributed by atoms with van der Waals surface area (Å²) in [6, 6.07) is 15.8. The molecule has 6 nitrogen and oxygen atoms in total. The SMILES string of the molecule is COCCNC(=O)c1coc(CN(Cc2ccc(Cl)c(Cl)c2)C(C)c2ccccc2)n1. The number of methoxy groups -OCH3 is 1. The molecule has 0 aliphatic heterocycles. The van der Waals surface area contributed by atoms with E-state index in [9.17, 15) is 4.79 Å². The Morgan fingerprint density at radius 2 is 1.94 bits per heavy atom. The molecule has 0 aliphatic rings. The van der Waals surface area contributed by atoms with E-state index in [0.717, 1.165) is 11.1 Å². The fourth-order valence-electron chi connectivity index (χ4n) is 3.16. The van der Waals surface area contributed by atoms with Gasteiger partial charge in [-0.3, -0.25) is 9.69 Å². The third-order valence-corrected chi connectivity index (χ3v) is 5.65. The fourth-order valence-corrected chi connectivity index (χ4v) is 3.48. The molecule has 31 heavy (non-hydrogen) atoms. The zero-order chi connectivity index (χ0) is 22.2. The van der Waals surface area contributed by atoms with Crippen LogP contribution in [0.3, 0.4) is 0 Å². The second kappa shape index (κ2) is 11.3. The Kier molecular flexibility index (Phi) is 8.49. The zero-order valence-corrected chi connectivity index (χ0v) is 19.0. The van der Waals surface area contributed by atoms with Gasteiger partial charge in [-0.1, -0.05) is 59.6 Å². The second-order valence-corrected chi connectivity index (χ2v) is 7.93. The summed E-state index contributed by atoms with van der Waals surface area (Å²) in [6.45, 7) is 3.98. The topological polar surface area (TPSA) is 67.6 Å². The number of aromatic nitrogens is 1. The monoisotopic (exact) mass is 461 g/mol. The number of hydrogen-bond donors (Lipinski definition) is 1. The summed E-state index contributed by atoms with van der Waals surface area (Å²) in [6.07, 6.45) is 1.38. The van der Waals surface area contributed by atoms with Gasteiger partial charge in [0.05, 0.1) is 23.2 Å². The van der Waals surface area contributed by atoms with Crippen LogP contribution in [0.1, 0.15) is 40.5 Å². The highest BCUT2D eigenvalue weighted by molar-refractivity contribution is 6.42. The van der Waals surface area contributed by atoms with Crippen molar-refractivity contribution in [2.75, 3.05) is 20.3 Å². The van der Waals surface area contributed by atoms with E-state index in [1.54, 1.807) is 13.2 Å². The quantitative estimate of drug-likeness (QED) is 0.424. The molecule has 1 aromatic heterocycles. The van der Waals surface area contributed by atoms with Crippen molar-refractivity contribution in [3.63, 3.8) is 0 Å². The van der Waals surface area contributed by atoms with Crippen LogP contribution in [0.15, 0.2) is 59.2 Å². The smallest absolute Gasteiger partial charge is 0.273 e. The van der Waals surface area contributed by atoms with Crippen LogP contribution in [0.25, 0.3) is 0 Å². The van der Waals surface area contributed by atoms with E-state index in [-0.39, 0.29) is 17.6 Å². The number of carbonyl (C=O) groups excluding carboxylic acids is 1. The maximum absolute atomic E-state index is 12.2. The molecule has 0 saturated heterocycles. The molecule has 0 radical (unpaired) electrons. The Labute approximate surface area is 192 Å². The molecule has 0 aliphatic carbocycles. The van der Waals surface area contributed by atoms with Crippen molar-refractivity contribution in [2.45, 2.75) is 26.1 Å². The molecule has 3 rings (SSSR count). The van der Waals surface area contributed by atoms with Crippen LogP contribution in [0.5, 0.6) is 0 Å². The van der Waals surface area contributed by atoms with Crippen LogP contribution in [0.4, 0.5) is 0 Å². The van der Waals surface area contributed by atoms with Crippen molar-refractivity contribution in [3.8, 4) is 0 Å². The van der Waals surface area contributed by atoms with E-state index in [2.05, 4.69) is 34.3 Å². The highest BCUT2D eigenvalue weighted by atomic mass is 35.5. The highest BCUT2D eigenvalue weighted by Gasteiger charge is 2.20. The molecule has 1 unspecified atom stereocenters. The molecule has 1 amide bonds. The van der Waals surface area contributed by atoms with Gasteiger partial charge in [0, 0.05) is 26.2 Å². The number of oxazole rings is 1. The summed E-state index contributed by atoms with van der Waals surface area (Å²) in [5.74, 6) is 0.166. The standard InChI is InChI=1S/C23H25Cl2N3O3/c1-16(18-6-4-3-5-7-18)28(13-17-8-9-19(24)20(25)12-17)14-22-27-21(15-31-22)23(29)26-10-11-30-2/h3-9,12,15-16H,10-11,13-14H2,1-2H3,(H,26,29). The summed E-state index contributed by atoms with van der Waals surface area (Å²) in [5.41, 5.74) is 2.42. The Hall–Kier alpha value is -2.38. The number of halogens is 2. The third kappa shape index (κ3) is 6.55. The number of rotatable bonds is 10. The Bertz CT molecular complexity index is 995. The van der Waals surface area contributed by atoms with E-state index in [4.69, 9.17) is 32.4 Å². The minimum Gasteiger partial charge on any atom is -0.447 e. The lowest BCUT2D eigenvalue weighted by Crippen LogP contribution is -2.28. The normalized spacial score (nSPS) is 12.2. The van der Waals surface area contributed by atoms with Gasteiger partial charge in [0.1, 0.15) is 6.26 Å². The van der Waals surface area contributed by atoms with E-state index >= 15 is 0 Å². The minimum absolute atomic E-state index is 0.0709. The molecule has 0 bridgehead atoms. The molecule has 0 saturated carbocycles. The van der Waals surface area contributed by atoms with Crippen LogP contribution in [-0.2, 0) is 17.8 Å². The number of benzene rings is 2. The lowest BCUT2D eigenvalue weighted by molar-refractivity contribution is 0.0932. The van der Waals surface area contributed by atoms with Gasteiger partial charge in [-0.25, -0.2) is 4.98 Å². The number of nitrogens with one attached hydrogen (secondary N) is 1. The summed E-state index contributed by atoms with van der Waals surface area (Å²) >= 11 is 12.3. The minimum atomic E-state index is -0.292. The van der Waals surface area contributed by atoms with Crippen LogP contribution in [0, 0.1) is 0 Å². The molecule has 1 N–H and O–H groups in total. The first-order valence-corrected chi connectivity index (χ1v) is 10.7. The van der Waals surface area contributed by atoms with Crippen molar-refractivity contribution in [2.24, 2.45) is 0 Å². The van der Waals surface area contributed by atoms with E-state index in [0.29, 0.717) is 42.2 Å². The maximum Gasteiger partial charge on any atom is 0.273 e. The molecule has 2 aromatic carbocycles. The molecule has 8 heteroatoms. The van der Waals surface area contributed by atoms with Crippen molar-refractivity contribution in [1.82, 2.24) is 15.2 Å². The largest absolute Gasteiger partial charge is 0.447 e. The van der Waals surface area contributed by atoms with Crippen LogP contribution >= 0.6 is 23.2 Å². The number of amides is 1. The molecule has 164 valence electrons. The van der Waals surface area contributed by atoms with Crippen molar-refractivity contribution < 1.29 is 13.9 Å². The number of nitrogens with zero attached hydrogens (tertiary/aromatic N) is 2. The molecule has 1 heterocycles. The molecule has 1 atom stereocenters. The Morgan fingerprint density at radius 3 is 2.65 bits per heavy atom. The van der Waals surface area contributed by atoms with Crippen molar-refractivity contribution in [3.05, 3.63) is 87.6 Å². The van der Waals surface area contributed by atoms with Gasteiger partial charge in [0.2, 0.25) is 5.89 Å². The molecule has 0 spiro atoms. The third-order valence-electron chi connectivity index (χ3n) is 4.91. The van der Waals surface area contributed by atoms with Crippen LogP contribution < -0.4 is 5.32 Å². The predicted octanol–water partition coefficient (Wildman–Crippen LogP) is 5.12. The lowest BCUT2D eigenvalue weighted by atomic mass is 10.1. The first-order valence-electron chi connectivity index (χ1n) is 9.92. The van der Waals surface area contributed by atoms with E-state index in [1.165, 1.54) is 6.26 Å². The van der Waals surface area contributed by atoms with Gasteiger partial charge in [0.15, 0.2) is 5.69 Å². The van der Waals surface area contributed by atoms with Gasteiger partial charge in [-0.2, -0.15) is 0 Å². The summed E-state index contributed by atoms with van der Waals surface area (Å²) < 4.78 is 10.5. The van der Waals surface area contributed by atoms with Gasteiger partial charge >= 0.3 is 0 Å². The summed E-state index contributed by atoms with van der Waals surface area (Å²) in [7, 11) is 1.58. The average molecular weight is 462 g/mol. The van der Waals surface area contributed by atoms with Gasteiger partial charge in [-0.05, 0) is 30.2 Å². The predicted molar refractivity (Wildman–Crippen MR) is 121 cm³/mol. The lowest BCUT2D eigenvalue weighted by Gasteiger charge is -2.28. The molecule has 3 aromatic rings. The molecular weight excluding hydrogens is 437 g/mol. The summed E-state index contributed by atoms with van der Waals surface area (Å²) in [5, 5.41) is 3.77. The summed E-state index contributed by atoms with van der Waals surface area (Å²) in [4.78, 5) is 18.8. The van der Waals surface area contributed by atoms with Gasteiger partial charge in [0.25, 0.3) is 5.91 Å². The van der Waals surface area contributed by atoms with Crippen LogP contribution in [0.2, 0.25) is 10.0 Å². The van der Waals surface area contributed by atoms with E-state index < -0.39 is 0 Å². The van der Waals surface area contributed by atoms with Crippen molar-refractivity contribution >= 4 is 29.1 Å². The van der Waals surface area contributed by atoms with E-state index in [1.807, 2.05) is 30.3 Å². The van der Waals surface area contributed by atoms with Crippen molar-refractivity contribution in [1.29, 1.82) is 0 Å². The van der Waals surface area contributed by atoms with Gasteiger partial charge < -0.3 is 14.5 Å². The molecular formula is C23H25Cl2N3O3. The zero-order valence-electron chi connectivity index (χ0n) is 17.5. The average Bonchev–Trinajstić information content (AvgIpc) is 3.25. The number of ether oxygens (including phenoxy) is 1. The number of carbonyl (C=O) groups is 1.